The van der Waals surface area contributed by atoms with Crippen molar-refractivity contribution < 1.29 is 9.47 Å². The van der Waals surface area contributed by atoms with Crippen molar-refractivity contribution >= 4 is 15.9 Å². The van der Waals surface area contributed by atoms with Crippen molar-refractivity contribution in [3.63, 3.8) is 0 Å². The van der Waals surface area contributed by atoms with Crippen LogP contribution >= 0.6 is 15.9 Å². The molecule has 5 heteroatoms. The maximum absolute atomic E-state index is 11.4. The summed E-state index contributed by atoms with van der Waals surface area (Å²) in [6, 6.07) is 3.30. The smallest absolute Gasteiger partial charge is 0.250 e. The molecule has 90 valence electrons. The van der Waals surface area contributed by atoms with Gasteiger partial charge in [-0.2, -0.15) is 0 Å². The maximum atomic E-state index is 11.4. The van der Waals surface area contributed by atoms with E-state index < -0.39 is 0 Å². The Morgan fingerprint density at radius 3 is 2.88 bits per heavy atom. The molecular weight excluding hydrogens is 274 g/mol. The molecule has 1 aromatic rings. The van der Waals surface area contributed by atoms with Crippen LogP contribution in [0.5, 0.6) is 0 Å². The molecule has 1 heterocycles. The largest absolute Gasteiger partial charge is 0.382 e. The lowest BCUT2D eigenvalue weighted by atomic mass is 10.4. The molecule has 0 atom stereocenters. The molecule has 0 N–H and O–H groups in total. The van der Waals surface area contributed by atoms with Gasteiger partial charge in [-0.15, -0.1) is 0 Å². The zero-order valence-electron chi connectivity index (χ0n) is 9.32. The van der Waals surface area contributed by atoms with E-state index in [9.17, 15) is 4.79 Å². The van der Waals surface area contributed by atoms with E-state index in [4.69, 9.17) is 9.47 Å². The first kappa shape index (κ1) is 13.4. The van der Waals surface area contributed by atoms with Crippen LogP contribution in [0.15, 0.2) is 27.6 Å². The van der Waals surface area contributed by atoms with Gasteiger partial charge in [0, 0.05) is 37.0 Å². The molecule has 0 aliphatic carbocycles. The molecule has 0 fully saturated rings. The van der Waals surface area contributed by atoms with E-state index in [0.29, 0.717) is 26.4 Å². The van der Waals surface area contributed by atoms with Crippen LogP contribution in [0.25, 0.3) is 0 Å². The second kappa shape index (κ2) is 7.60. The summed E-state index contributed by atoms with van der Waals surface area (Å²) in [5.74, 6) is 0. The van der Waals surface area contributed by atoms with Gasteiger partial charge >= 0.3 is 0 Å². The first-order chi connectivity index (χ1) is 7.74. The summed E-state index contributed by atoms with van der Waals surface area (Å²) < 4.78 is 12.7. The van der Waals surface area contributed by atoms with Crippen molar-refractivity contribution in [1.29, 1.82) is 0 Å². The molecule has 1 rings (SSSR count). The monoisotopic (exact) mass is 289 g/mol. The number of halogens is 1. The zero-order valence-corrected chi connectivity index (χ0v) is 10.9. The van der Waals surface area contributed by atoms with Crippen LogP contribution in [0.3, 0.4) is 0 Å². The van der Waals surface area contributed by atoms with Gasteiger partial charge in [0.1, 0.15) is 0 Å². The van der Waals surface area contributed by atoms with E-state index in [2.05, 4.69) is 15.9 Å². The van der Waals surface area contributed by atoms with Crippen molar-refractivity contribution in [3.8, 4) is 0 Å². The highest BCUT2D eigenvalue weighted by Gasteiger charge is 1.96. The maximum Gasteiger partial charge on any atom is 0.250 e. The molecule has 0 aromatic carbocycles. The Balaban J connectivity index is 2.26. The topological polar surface area (TPSA) is 40.5 Å². The van der Waals surface area contributed by atoms with Crippen LogP contribution in [0.4, 0.5) is 0 Å². The zero-order chi connectivity index (χ0) is 11.8. The minimum absolute atomic E-state index is 0.0140. The van der Waals surface area contributed by atoms with Gasteiger partial charge in [-0.05, 0) is 28.4 Å². The fraction of sp³-hybridized carbons (Fsp3) is 0.545. The number of aryl methyl sites for hydroxylation is 1. The lowest BCUT2D eigenvalue weighted by Crippen LogP contribution is -2.19. The Labute approximate surface area is 103 Å². The Morgan fingerprint density at radius 1 is 1.31 bits per heavy atom. The lowest BCUT2D eigenvalue weighted by molar-refractivity contribution is 0.0679. The van der Waals surface area contributed by atoms with Crippen molar-refractivity contribution in [2.24, 2.45) is 0 Å². The van der Waals surface area contributed by atoms with Gasteiger partial charge in [0.05, 0.1) is 13.2 Å². The van der Waals surface area contributed by atoms with E-state index >= 15 is 0 Å². The third-order valence-corrected chi connectivity index (χ3v) is 2.54. The van der Waals surface area contributed by atoms with E-state index in [-0.39, 0.29) is 5.56 Å². The first-order valence-electron chi connectivity index (χ1n) is 5.16. The van der Waals surface area contributed by atoms with Crippen LogP contribution < -0.4 is 5.56 Å². The van der Waals surface area contributed by atoms with Crippen LogP contribution in [0, 0.1) is 0 Å². The molecule has 0 spiro atoms. The highest BCUT2D eigenvalue weighted by molar-refractivity contribution is 9.10. The number of aromatic nitrogens is 1. The van der Waals surface area contributed by atoms with Gasteiger partial charge in [-0.25, -0.2) is 0 Å². The van der Waals surface area contributed by atoms with Gasteiger partial charge in [0.2, 0.25) is 0 Å². The number of methoxy groups -OCH3 is 1. The lowest BCUT2D eigenvalue weighted by Gasteiger charge is -2.06. The Bertz CT molecular complexity index is 364. The standard InChI is InChI=1S/C11H16BrNO3/c1-15-7-8-16-6-2-5-13-9-10(12)3-4-11(13)14/h3-4,9H,2,5-8H2,1H3. The first-order valence-corrected chi connectivity index (χ1v) is 5.96. The third kappa shape index (κ3) is 4.92. The van der Waals surface area contributed by atoms with Crippen LogP contribution in [0.2, 0.25) is 0 Å². The molecule has 0 unspecified atom stereocenters. The molecule has 0 saturated heterocycles. The molecule has 1 aromatic heterocycles. The van der Waals surface area contributed by atoms with Crippen LogP contribution in [0.1, 0.15) is 6.42 Å². The van der Waals surface area contributed by atoms with E-state index in [1.807, 2.05) is 0 Å². The minimum Gasteiger partial charge on any atom is -0.382 e. The summed E-state index contributed by atoms with van der Waals surface area (Å²) in [6.45, 7) is 2.52. The Morgan fingerprint density at radius 2 is 2.12 bits per heavy atom. The van der Waals surface area contributed by atoms with Gasteiger partial charge in [-0.3, -0.25) is 4.79 Å². The van der Waals surface area contributed by atoms with Crippen molar-refractivity contribution in [3.05, 3.63) is 33.2 Å². The number of hydrogen-bond donors (Lipinski definition) is 0. The minimum atomic E-state index is 0.0140. The fourth-order valence-corrected chi connectivity index (χ4v) is 1.64. The quantitative estimate of drug-likeness (QED) is 0.717. The predicted molar refractivity (Wildman–Crippen MR) is 65.7 cm³/mol. The van der Waals surface area contributed by atoms with E-state index in [0.717, 1.165) is 10.9 Å². The van der Waals surface area contributed by atoms with Crippen LogP contribution in [-0.4, -0.2) is 31.5 Å². The van der Waals surface area contributed by atoms with Gasteiger partial charge in [0.15, 0.2) is 0 Å². The highest BCUT2D eigenvalue weighted by atomic mass is 79.9. The average molecular weight is 290 g/mol. The third-order valence-electron chi connectivity index (χ3n) is 2.07. The highest BCUT2D eigenvalue weighted by Crippen LogP contribution is 2.05. The SMILES string of the molecule is COCCOCCCn1cc(Br)ccc1=O. The Kier molecular flexibility index (Phi) is 6.37. The van der Waals surface area contributed by atoms with Gasteiger partial charge < -0.3 is 14.0 Å². The molecular formula is C11H16BrNO3. The van der Waals surface area contributed by atoms with Crippen molar-refractivity contribution in [2.45, 2.75) is 13.0 Å². The number of nitrogens with zero attached hydrogens (tertiary/aromatic N) is 1. The number of ether oxygens (including phenoxy) is 2. The number of pyridine rings is 1. The van der Waals surface area contributed by atoms with Gasteiger partial charge in [-0.1, -0.05) is 0 Å². The number of hydrogen-bond acceptors (Lipinski definition) is 3. The fourth-order valence-electron chi connectivity index (χ4n) is 1.26. The summed E-state index contributed by atoms with van der Waals surface area (Å²) in [4.78, 5) is 11.4. The molecule has 16 heavy (non-hydrogen) atoms. The molecule has 0 saturated carbocycles. The molecule has 0 aliphatic heterocycles. The summed E-state index contributed by atoms with van der Waals surface area (Å²) in [5.41, 5.74) is 0.0140. The van der Waals surface area contributed by atoms with E-state index in [1.54, 1.807) is 30.0 Å². The summed E-state index contributed by atoms with van der Waals surface area (Å²) in [5, 5.41) is 0. The molecule has 0 radical (unpaired) electrons. The average Bonchev–Trinajstić information content (AvgIpc) is 2.28. The summed E-state index contributed by atoms with van der Waals surface area (Å²) >= 11 is 3.33. The Hall–Kier alpha value is -0.650. The summed E-state index contributed by atoms with van der Waals surface area (Å²) in [6.07, 6.45) is 2.61. The normalized spacial score (nSPS) is 10.6. The second-order valence-electron chi connectivity index (χ2n) is 3.34. The van der Waals surface area contributed by atoms with Crippen LogP contribution in [-0.2, 0) is 16.0 Å². The molecule has 0 amide bonds. The van der Waals surface area contributed by atoms with Crippen molar-refractivity contribution in [2.75, 3.05) is 26.9 Å². The van der Waals surface area contributed by atoms with E-state index in [1.165, 1.54) is 0 Å². The second-order valence-corrected chi connectivity index (χ2v) is 4.25. The summed E-state index contributed by atoms with van der Waals surface area (Å²) in [7, 11) is 1.64. The molecule has 4 nitrogen and oxygen atoms in total. The van der Waals surface area contributed by atoms with Crippen molar-refractivity contribution in [1.82, 2.24) is 4.57 Å². The molecule has 0 bridgehead atoms. The molecule has 0 aliphatic rings. The number of rotatable bonds is 7. The predicted octanol–water partition coefficient (Wildman–Crippen LogP) is 1.66. The van der Waals surface area contributed by atoms with Gasteiger partial charge in [0.25, 0.3) is 5.56 Å².